The molecule has 0 aliphatic carbocycles. The summed E-state index contributed by atoms with van der Waals surface area (Å²) >= 11 is 0. The molecule has 1 aromatic carbocycles. The molecule has 4 rings (SSSR count). The number of aromatic nitrogens is 1. The first kappa shape index (κ1) is 24.2. The highest BCUT2D eigenvalue weighted by Gasteiger charge is 2.22. The summed E-state index contributed by atoms with van der Waals surface area (Å²) in [6.07, 6.45) is 3.67. The first-order chi connectivity index (χ1) is 16.4. The minimum Gasteiger partial charge on any atom is -0.390 e. The monoisotopic (exact) mass is 465 g/mol. The van der Waals surface area contributed by atoms with Crippen molar-refractivity contribution >= 4 is 17.6 Å². The number of aryl methyl sites for hydroxylation is 1. The van der Waals surface area contributed by atoms with E-state index in [-0.39, 0.29) is 24.4 Å². The van der Waals surface area contributed by atoms with Crippen molar-refractivity contribution in [1.29, 1.82) is 0 Å². The minimum absolute atomic E-state index is 0.109. The van der Waals surface area contributed by atoms with Gasteiger partial charge in [-0.15, -0.1) is 0 Å². The van der Waals surface area contributed by atoms with Crippen LogP contribution in [-0.2, 0) is 17.8 Å². The molecule has 2 aliphatic heterocycles. The molecular formula is C26H35N5O3. The number of aliphatic hydroxyl groups excluding tert-OH is 1. The topological polar surface area (TPSA) is 97.8 Å². The molecule has 0 radical (unpaired) electrons. The highest BCUT2D eigenvalue weighted by molar-refractivity contribution is 5.94. The Kier molecular flexibility index (Phi) is 7.80. The van der Waals surface area contributed by atoms with E-state index in [2.05, 4.69) is 45.6 Å². The van der Waals surface area contributed by atoms with Crippen LogP contribution in [0.1, 0.15) is 46.8 Å². The number of hydrogen-bond acceptors (Lipinski definition) is 6. The van der Waals surface area contributed by atoms with E-state index in [0.29, 0.717) is 17.9 Å². The standard InChI is InChI=1S/C26H35N5O3/c1-18-4-3-5-21-16-30(11-9-24(18)21)17-23(33)15-28-26(34)20-6-10-27-25(14-20)29-22-7-12-31(13-8-22)19(2)32/h3-6,10,14,22-23,33H,7-9,11-13,15-17H2,1-2H3,(H,27,29)(H,28,34). The van der Waals surface area contributed by atoms with Crippen LogP contribution in [0.3, 0.4) is 0 Å². The van der Waals surface area contributed by atoms with E-state index in [9.17, 15) is 14.7 Å². The number of rotatable bonds is 7. The summed E-state index contributed by atoms with van der Waals surface area (Å²) in [5.74, 6) is 0.532. The number of aliphatic hydroxyl groups is 1. The zero-order valence-corrected chi connectivity index (χ0v) is 20.1. The van der Waals surface area contributed by atoms with Gasteiger partial charge in [0.05, 0.1) is 6.10 Å². The molecule has 3 N–H and O–H groups in total. The Bertz CT molecular complexity index is 1020. The van der Waals surface area contributed by atoms with Crippen LogP contribution in [0.4, 0.5) is 5.82 Å². The predicted molar refractivity (Wildman–Crippen MR) is 132 cm³/mol. The van der Waals surface area contributed by atoms with Crippen LogP contribution in [-0.4, -0.2) is 76.6 Å². The third-order valence-corrected chi connectivity index (χ3v) is 6.86. The fourth-order valence-corrected chi connectivity index (χ4v) is 4.89. The first-order valence-electron chi connectivity index (χ1n) is 12.1. The lowest BCUT2D eigenvalue weighted by Gasteiger charge is -2.32. The number of likely N-dealkylation sites (tertiary alicyclic amines) is 1. The van der Waals surface area contributed by atoms with Crippen LogP contribution in [0, 0.1) is 6.92 Å². The number of carbonyl (C=O) groups is 2. The number of anilines is 1. The van der Waals surface area contributed by atoms with Gasteiger partial charge in [-0.25, -0.2) is 4.98 Å². The van der Waals surface area contributed by atoms with Crippen molar-refractivity contribution in [2.75, 3.05) is 38.0 Å². The van der Waals surface area contributed by atoms with E-state index >= 15 is 0 Å². The summed E-state index contributed by atoms with van der Waals surface area (Å²) in [5, 5.41) is 16.8. The lowest BCUT2D eigenvalue weighted by molar-refractivity contribution is -0.129. The Morgan fingerprint density at radius 2 is 2.00 bits per heavy atom. The zero-order chi connectivity index (χ0) is 24.1. The van der Waals surface area contributed by atoms with Crippen molar-refractivity contribution in [2.24, 2.45) is 0 Å². The van der Waals surface area contributed by atoms with Gasteiger partial charge in [0.15, 0.2) is 0 Å². The number of pyridine rings is 1. The first-order valence-corrected chi connectivity index (χ1v) is 12.1. The van der Waals surface area contributed by atoms with E-state index < -0.39 is 6.10 Å². The number of nitrogens with one attached hydrogen (secondary N) is 2. The second kappa shape index (κ2) is 11.0. The Hall–Kier alpha value is -2.97. The third-order valence-electron chi connectivity index (χ3n) is 6.86. The van der Waals surface area contributed by atoms with Gasteiger partial charge in [0.1, 0.15) is 5.82 Å². The minimum atomic E-state index is -0.638. The number of hydrogen-bond donors (Lipinski definition) is 3. The maximum absolute atomic E-state index is 12.7. The smallest absolute Gasteiger partial charge is 0.251 e. The molecule has 1 atom stereocenters. The van der Waals surface area contributed by atoms with Gasteiger partial charge in [-0.3, -0.25) is 14.5 Å². The van der Waals surface area contributed by atoms with Crippen LogP contribution in [0.2, 0.25) is 0 Å². The lowest BCUT2D eigenvalue weighted by Crippen LogP contribution is -2.42. The molecule has 1 unspecified atom stereocenters. The number of nitrogens with zero attached hydrogens (tertiary/aromatic N) is 3. The van der Waals surface area contributed by atoms with Gasteiger partial charge in [-0.2, -0.15) is 0 Å². The van der Waals surface area contributed by atoms with Gasteiger partial charge in [0.2, 0.25) is 5.91 Å². The molecule has 0 saturated carbocycles. The van der Waals surface area contributed by atoms with Gasteiger partial charge in [-0.05, 0) is 55.0 Å². The van der Waals surface area contributed by atoms with Crippen LogP contribution < -0.4 is 10.6 Å². The highest BCUT2D eigenvalue weighted by Crippen LogP contribution is 2.22. The number of fused-ring (bicyclic) bond motifs is 1. The van der Waals surface area contributed by atoms with Crippen LogP contribution in [0.5, 0.6) is 0 Å². The molecule has 2 amide bonds. The van der Waals surface area contributed by atoms with Crippen LogP contribution in [0.25, 0.3) is 0 Å². The Morgan fingerprint density at radius 1 is 1.21 bits per heavy atom. The van der Waals surface area contributed by atoms with Crippen molar-refractivity contribution in [1.82, 2.24) is 20.1 Å². The molecule has 1 fully saturated rings. The second-order valence-corrected chi connectivity index (χ2v) is 9.42. The normalized spacial score (nSPS) is 17.7. The molecule has 1 aromatic heterocycles. The van der Waals surface area contributed by atoms with Crippen LogP contribution in [0.15, 0.2) is 36.5 Å². The Balaban J connectivity index is 1.24. The average Bonchev–Trinajstić information content (AvgIpc) is 2.83. The summed E-state index contributed by atoms with van der Waals surface area (Å²) in [6.45, 7) is 7.66. The molecule has 3 heterocycles. The summed E-state index contributed by atoms with van der Waals surface area (Å²) in [7, 11) is 0. The lowest BCUT2D eigenvalue weighted by atomic mass is 9.95. The Morgan fingerprint density at radius 3 is 2.76 bits per heavy atom. The van der Waals surface area contributed by atoms with E-state index in [1.54, 1.807) is 25.3 Å². The zero-order valence-electron chi connectivity index (χ0n) is 20.1. The van der Waals surface area contributed by atoms with Gasteiger partial charge >= 0.3 is 0 Å². The number of β-amino-alcohol motifs (C(OH)–C–C–N with tert-alkyl or cyclic N) is 1. The number of piperidine rings is 1. The predicted octanol–water partition coefficient (Wildman–Crippen LogP) is 1.96. The Labute approximate surface area is 201 Å². The third kappa shape index (κ3) is 6.12. The summed E-state index contributed by atoms with van der Waals surface area (Å²) < 4.78 is 0. The average molecular weight is 466 g/mol. The van der Waals surface area contributed by atoms with E-state index in [1.807, 2.05) is 4.90 Å². The largest absolute Gasteiger partial charge is 0.390 e. The summed E-state index contributed by atoms with van der Waals surface area (Å²) in [5.41, 5.74) is 4.59. The van der Waals surface area contributed by atoms with E-state index in [0.717, 1.165) is 45.4 Å². The molecule has 34 heavy (non-hydrogen) atoms. The van der Waals surface area contributed by atoms with Gasteiger partial charge in [-0.1, -0.05) is 18.2 Å². The summed E-state index contributed by atoms with van der Waals surface area (Å²) in [6, 6.07) is 10.0. The van der Waals surface area contributed by atoms with E-state index in [4.69, 9.17) is 0 Å². The van der Waals surface area contributed by atoms with Gasteiger partial charge in [0.25, 0.3) is 5.91 Å². The molecule has 0 bridgehead atoms. The molecule has 2 aliphatic rings. The summed E-state index contributed by atoms with van der Waals surface area (Å²) in [4.78, 5) is 32.6. The fourth-order valence-electron chi connectivity index (χ4n) is 4.89. The van der Waals surface area contributed by atoms with Crippen molar-refractivity contribution in [2.45, 2.75) is 51.8 Å². The number of carbonyl (C=O) groups excluding carboxylic acids is 2. The number of amides is 2. The quantitative estimate of drug-likeness (QED) is 0.578. The van der Waals surface area contributed by atoms with Crippen molar-refractivity contribution in [3.8, 4) is 0 Å². The second-order valence-electron chi connectivity index (χ2n) is 9.42. The van der Waals surface area contributed by atoms with Crippen LogP contribution >= 0.6 is 0 Å². The molecule has 0 spiro atoms. The molecule has 8 heteroatoms. The van der Waals surface area contributed by atoms with Gasteiger partial charge in [0, 0.05) is 64.0 Å². The van der Waals surface area contributed by atoms with Gasteiger partial charge < -0.3 is 20.6 Å². The maximum Gasteiger partial charge on any atom is 0.251 e. The highest BCUT2D eigenvalue weighted by atomic mass is 16.3. The molecule has 1 saturated heterocycles. The SMILES string of the molecule is CC(=O)N1CCC(Nc2cc(C(=O)NCC(O)CN3CCc4c(C)cccc4C3)ccn2)CC1. The maximum atomic E-state index is 12.7. The van der Waals surface area contributed by atoms with Crippen molar-refractivity contribution in [3.05, 3.63) is 58.8 Å². The van der Waals surface area contributed by atoms with E-state index in [1.165, 1.54) is 16.7 Å². The molecule has 182 valence electrons. The molecule has 2 aromatic rings. The van der Waals surface area contributed by atoms with Crippen molar-refractivity contribution < 1.29 is 14.7 Å². The van der Waals surface area contributed by atoms with Crippen molar-refractivity contribution in [3.63, 3.8) is 0 Å². The molecule has 8 nitrogen and oxygen atoms in total. The molecular weight excluding hydrogens is 430 g/mol. The fraction of sp³-hybridized carbons (Fsp3) is 0.500. The number of benzene rings is 1.